The largest absolute Gasteiger partial charge is 0.331 e. The molecule has 1 N–H and O–H groups in total. The minimum absolute atomic E-state index is 0.0245. The molecule has 0 saturated heterocycles. The fourth-order valence-corrected chi connectivity index (χ4v) is 2.52. The molecule has 5 heteroatoms. The van der Waals surface area contributed by atoms with E-state index >= 15 is 0 Å². The molecule has 0 radical (unpaired) electrons. The fourth-order valence-electron chi connectivity index (χ4n) is 2.52. The third-order valence-electron chi connectivity index (χ3n) is 3.87. The van der Waals surface area contributed by atoms with E-state index in [1.807, 2.05) is 43.6 Å². The minimum Gasteiger partial charge on any atom is -0.331 e. The van der Waals surface area contributed by atoms with Gasteiger partial charge in [-0.3, -0.25) is 9.97 Å². The van der Waals surface area contributed by atoms with Crippen LogP contribution in [0.3, 0.4) is 0 Å². The summed E-state index contributed by atoms with van der Waals surface area (Å²) in [6, 6.07) is 9.65. The van der Waals surface area contributed by atoms with Crippen molar-refractivity contribution in [2.75, 3.05) is 13.6 Å². The van der Waals surface area contributed by atoms with Crippen LogP contribution in [0.2, 0.25) is 0 Å². The van der Waals surface area contributed by atoms with Crippen LogP contribution in [0.25, 0.3) is 0 Å². The molecule has 0 spiro atoms. The van der Waals surface area contributed by atoms with Gasteiger partial charge in [-0.15, -0.1) is 0 Å². The van der Waals surface area contributed by atoms with Crippen molar-refractivity contribution in [3.05, 3.63) is 60.2 Å². The number of urea groups is 1. The van der Waals surface area contributed by atoms with Gasteiger partial charge in [0.1, 0.15) is 0 Å². The summed E-state index contributed by atoms with van der Waals surface area (Å²) < 4.78 is 0. The number of rotatable bonds is 7. The maximum Gasteiger partial charge on any atom is 0.317 e. The minimum atomic E-state index is -0.0690. The van der Waals surface area contributed by atoms with Crippen molar-refractivity contribution in [3.63, 3.8) is 0 Å². The summed E-state index contributed by atoms with van der Waals surface area (Å²) in [6.45, 7) is 4.94. The van der Waals surface area contributed by atoms with Gasteiger partial charge in [-0.2, -0.15) is 0 Å². The smallest absolute Gasteiger partial charge is 0.317 e. The highest BCUT2D eigenvalue weighted by molar-refractivity contribution is 5.74. The summed E-state index contributed by atoms with van der Waals surface area (Å²) >= 11 is 0. The van der Waals surface area contributed by atoms with Crippen molar-refractivity contribution in [2.45, 2.75) is 32.7 Å². The second kappa shape index (κ2) is 9.01. The van der Waals surface area contributed by atoms with Crippen LogP contribution in [0.5, 0.6) is 0 Å². The molecule has 0 aliphatic carbocycles. The number of carbonyl (C=O) groups excluding carboxylic acids is 1. The van der Waals surface area contributed by atoms with Crippen LogP contribution in [-0.4, -0.2) is 34.5 Å². The maximum absolute atomic E-state index is 12.5. The molecule has 0 aliphatic rings. The average Bonchev–Trinajstić information content (AvgIpc) is 2.60. The fraction of sp³-hybridized carbons (Fsp3) is 0.421. The van der Waals surface area contributed by atoms with E-state index in [-0.39, 0.29) is 12.1 Å². The van der Waals surface area contributed by atoms with E-state index in [0.29, 0.717) is 12.5 Å². The van der Waals surface area contributed by atoms with E-state index < -0.39 is 0 Å². The summed E-state index contributed by atoms with van der Waals surface area (Å²) in [7, 11) is 1.81. The van der Waals surface area contributed by atoms with Crippen molar-refractivity contribution >= 4 is 6.03 Å². The normalized spacial score (nSPS) is 12.0. The zero-order valence-corrected chi connectivity index (χ0v) is 14.6. The Morgan fingerprint density at radius 2 is 2.04 bits per heavy atom. The Hall–Kier alpha value is -2.43. The van der Waals surface area contributed by atoms with E-state index in [4.69, 9.17) is 0 Å². The number of amides is 2. The molecule has 2 rings (SSSR count). The Morgan fingerprint density at radius 3 is 2.67 bits per heavy atom. The highest BCUT2D eigenvalue weighted by atomic mass is 16.2. The average molecular weight is 326 g/mol. The SMILES string of the molecule is CC(C)C[C@@H](NC(=O)N(C)CCc1ccccn1)c1cccnc1. The third-order valence-corrected chi connectivity index (χ3v) is 3.87. The summed E-state index contributed by atoms with van der Waals surface area (Å²) in [4.78, 5) is 22.7. The molecular formula is C19H26N4O. The van der Waals surface area contributed by atoms with Crippen LogP contribution in [-0.2, 0) is 6.42 Å². The number of nitrogens with one attached hydrogen (secondary N) is 1. The van der Waals surface area contributed by atoms with Gasteiger partial charge in [0.15, 0.2) is 0 Å². The van der Waals surface area contributed by atoms with Gasteiger partial charge in [0, 0.05) is 44.3 Å². The molecule has 2 aromatic heterocycles. The molecule has 0 saturated carbocycles. The Kier molecular flexibility index (Phi) is 6.73. The second-order valence-electron chi connectivity index (χ2n) is 6.41. The summed E-state index contributed by atoms with van der Waals surface area (Å²) in [5.41, 5.74) is 2.03. The van der Waals surface area contributed by atoms with E-state index in [1.54, 1.807) is 17.3 Å². The maximum atomic E-state index is 12.5. The third kappa shape index (κ3) is 5.65. The number of pyridine rings is 2. The standard InChI is InChI=1S/C19H26N4O/c1-15(2)13-18(16-7-6-10-20-14-16)22-19(24)23(3)12-9-17-8-4-5-11-21-17/h4-8,10-11,14-15,18H,9,12-13H2,1-3H3,(H,22,24)/t18-/m1/s1. The van der Waals surface area contributed by atoms with Gasteiger partial charge >= 0.3 is 6.03 Å². The number of likely N-dealkylation sites (N-methyl/N-ethyl adjacent to an activating group) is 1. The Morgan fingerprint density at radius 1 is 1.21 bits per heavy atom. The van der Waals surface area contributed by atoms with Gasteiger partial charge in [0.25, 0.3) is 0 Å². The number of nitrogens with zero attached hydrogens (tertiary/aromatic N) is 3. The Balaban J connectivity index is 1.93. The van der Waals surface area contributed by atoms with Crippen LogP contribution >= 0.6 is 0 Å². The molecule has 2 amide bonds. The monoisotopic (exact) mass is 326 g/mol. The highest BCUT2D eigenvalue weighted by Crippen LogP contribution is 2.20. The van der Waals surface area contributed by atoms with Gasteiger partial charge in [0.05, 0.1) is 6.04 Å². The van der Waals surface area contributed by atoms with Gasteiger partial charge in [-0.25, -0.2) is 4.79 Å². The van der Waals surface area contributed by atoms with Crippen LogP contribution in [0.15, 0.2) is 48.9 Å². The van der Waals surface area contributed by atoms with Crippen molar-refractivity contribution < 1.29 is 4.79 Å². The molecule has 1 atom stereocenters. The summed E-state index contributed by atoms with van der Waals surface area (Å²) in [5.74, 6) is 0.481. The van der Waals surface area contributed by atoms with E-state index in [1.165, 1.54) is 0 Å². The predicted molar refractivity (Wildman–Crippen MR) is 95.5 cm³/mol. The molecule has 128 valence electrons. The van der Waals surface area contributed by atoms with Crippen LogP contribution in [0.4, 0.5) is 4.79 Å². The first-order chi connectivity index (χ1) is 11.6. The topological polar surface area (TPSA) is 58.1 Å². The van der Waals surface area contributed by atoms with Crippen LogP contribution in [0, 0.1) is 5.92 Å². The first kappa shape index (κ1) is 17.9. The molecule has 2 heterocycles. The number of carbonyl (C=O) groups is 1. The Labute approximate surface area is 144 Å². The molecule has 0 fully saturated rings. The quantitative estimate of drug-likeness (QED) is 0.848. The highest BCUT2D eigenvalue weighted by Gasteiger charge is 2.18. The number of aromatic nitrogens is 2. The lowest BCUT2D eigenvalue weighted by Crippen LogP contribution is -2.40. The zero-order chi connectivity index (χ0) is 17.4. The van der Waals surface area contributed by atoms with E-state index in [2.05, 4.69) is 29.1 Å². The van der Waals surface area contributed by atoms with Crippen molar-refractivity contribution in [1.29, 1.82) is 0 Å². The van der Waals surface area contributed by atoms with Gasteiger partial charge < -0.3 is 10.2 Å². The lowest BCUT2D eigenvalue weighted by molar-refractivity contribution is 0.203. The number of hydrogen-bond acceptors (Lipinski definition) is 3. The van der Waals surface area contributed by atoms with Gasteiger partial charge in [-0.05, 0) is 36.1 Å². The summed E-state index contributed by atoms with van der Waals surface area (Å²) in [6.07, 6.45) is 6.96. The van der Waals surface area contributed by atoms with Gasteiger partial charge in [-0.1, -0.05) is 26.0 Å². The molecule has 5 nitrogen and oxygen atoms in total. The lowest BCUT2D eigenvalue weighted by atomic mass is 9.98. The molecule has 2 aromatic rings. The van der Waals surface area contributed by atoms with Gasteiger partial charge in [0.2, 0.25) is 0 Å². The van der Waals surface area contributed by atoms with Crippen molar-refractivity contribution in [2.24, 2.45) is 5.92 Å². The first-order valence-corrected chi connectivity index (χ1v) is 8.37. The molecule has 0 bridgehead atoms. The van der Waals surface area contributed by atoms with E-state index in [9.17, 15) is 4.79 Å². The second-order valence-corrected chi connectivity index (χ2v) is 6.41. The van der Waals surface area contributed by atoms with Crippen molar-refractivity contribution in [1.82, 2.24) is 20.2 Å². The van der Waals surface area contributed by atoms with Crippen LogP contribution < -0.4 is 5.32 Å². The molecular weight excluding hydrogens is 300 g/mol. The van der Waals surface area contributed by atoms with Crippen molar-refractivity contribution in [3.8, 4) is 0 Å². The molecule has 0 unspecified atom stereocenters. The molecule has 24 heavy (non-hydrogen) atoms. The van der Waals surface area contributed by atoms with E-state index in [0.717, 1.165) is 24.1 Å². The molecule has 0 aliphatic heterocycles. The van der Waals surface area contributed by atoms with Crippen LogP contribution in [0.1, 0.15) is 37.6 Å². The molecule has 0 aromatic carbocycles. The summed E-state index contributed by atoms with van der Waals surface area (Å²) in [5, 5.41) is 3.13. The predicted octanol–water partition coefficient (Wildman–Crippen LogP) is 3.45. The lowest BCUT2D eigenvalue weighted by Gasteiger charge is -2.25. The Bertz CT molecular complexity index is 616. The zero-order valence-electron chi connectivity index (χ0n) is 14.6. The number of hydrogen-bond donors (Lipinski definition) is 1. The first-order valence-electron chi connectivity index (χ1n) is 8.37.